The van der Waals surface area contributed by atoms with Crippen molar-refractivity contribution in [2.45, 2.75) is 51.7 Å². The normalized spacial score (nSPS) is 15.4. The van der Waals surface area contributed by atoms with Crippen molar-refractivity contribution in [1.82, 2.24) is 5.32 Å². The number of amides is 1. The summed E-state index contributed by atoms with van der Waals surface area (Å²) in [6.07, 6.45) is 2.27. The second kappa shape index (κ2) is 8.81. The van der Waals surface area contributed by atoms with Gasteiger partial charge in [-0.1, -0.05) is 12.1 Å². The minimum Gasteiger partial charge on any atom is -0.409 e. The summed E-state index contributed by atoms with van der Waals surface area (Å²) >= 11 is 0. The standard InChI is InChI=1S/C11H23N3O3/c1-4-9(7-10(12)14-16)13-11(15)6-5-8(2)17-3/h8-9,16H,4-7H2,1-3H3,(H2,12,14)(H,13,15). The third-order valence-electron chi connectivity index (χ3n) is 2.62. The second-order valence-electron chi connectivity index (χ2n) is 4.05. The van der Waals surface area contributed by atoms with Crippen molar-refractivity contribution in [1.29, 1.82) is 0 Å². The molecule has 6 heteroatoms. The van der Waals surface area contributed by atoms with Gasteiger partial charge in [0.15, 0.2) is 0 Å². The van der Waals surface area contributed by atoms with E-state index < -0.39 is 0 Å². The maximum Gasteiger partial charge on any atom is 0.220 e. The molecule has 0 aromatic heterocycles. The van der Waals surface area contributed by atoms with Crippen LogP contribution in [0.2, 0.25) is 0 Å². The Balaban J connectivity index is 3.98. The van der Waals surface area contributed by atoms with E-state index in [1.165, 1.54) is 0 Å². The van der Waals surface area contributed by atoms with Crippen molar-refractivity contribution >= 4 is 11.7 Å². The quantitative estimate of drug-likeness (QED) is 0.255. The fourth-order valence-electron chi connectivity index (χ4n) is 1.34. The Morgan fingerprint density at radius 1 is 1.59 bits per heavy atom. The van der Waals surface area contributed by atoms with Crippen LogP contribution in [-0.2, 0) is 9.53 Å². The molecule has 0 aliphatic rings. The topological polar surface area (TPSA) is 96.9 Å². The fraction of sp³-hybridized carbons (Fsp3) is 0.818. The Labute approximate surface area is 102 Å². The molecule has 0 saturated carbocycles. The van der Waals surface area contributed by atoms with Crippen LogP contribution in [0.3, 0.4) is 0 Å². The third-order valence-corrected chi connectivity index (χ3v) is 2.62. The van der Waals surface area contributed by atoms with E-state index in [1.807, 2.05) is 13.8 Å². The first-order valence-electron chi connectivity index (χ1n) is 5.82. The van der Waals surface area contributed by atoms with E-state index in [9.17, 15) is 4.79 Å². The van der Waals surface area contributed by atoms with Crippen LogP contribution in [0, 0.1) is 0 Å². The Bertz CT molecular complexity index is 256. The van der Waals surface area contributed by atoms with Crippen molar-refractivity contribution in [3.63, 3.8) is 0 Å². The number of hydrogen-bond acceptors (Lipinski definition) is 4. The molecule has 0 rings (SSSR count). The molecule has 6 nitrogen and oxygen atoms in total. The fourth-order valence-corrected chi connectivity index (χ4v) is 1.34. The van der Waals surface area contributed by atoms with Gasteiger partial charge in [0.1, 0.15) is 5.84 Å². The number of amidine groups is 1. The highest BCUT2D eigenvalue weighted by Gasteiger charge is 2.13. The molecule has 0 heterocycles. The van der Waals surface area contributed by atoms with E-state index in [-0.39, 0.29) is 23.9 Å². The first kappa shape index (κ1) is 15.7. The van der Waals surface area contributed by atoms with Gasteiger partial charge >= 0.3 is 0 Å². The monoisotopic (exact) mass is 245 g/mol. The highest BCUT2D eigenvalue weighted by molar-refractivity contribution is 5.82. The molecule has 0 aromatic carbocycles. The number of nitrogens with zero attached hydrogens (tertiary/aromatic N) is 1. The zero-order chi connectivity index (χ0) is 13.3. The number of hydrogen-bond donors (Lipinski definition) is 3. The number of carbonyl (C=O) groups is 1. The summed E-state index contributed by atoms with van der Waals surface area (Å²) in [4.78, 5) is 11.6. The lowest BCUT2D eigenvalue weighted by atomic mass is 10.1. The number of nitrogens with one attached hydrogen (secondary N) is 1. The smallest absolute Gasteiger partial charge is 0.220 e. The summed E-state index contributed by atoms with van der Waals surface area (Å²) in [5.41, 5.74) is 5.40. The highest BCUT2D eigenvalue weighted by Crippen LogP contribution is 2.02. The molecular formula is C11H23N3O3. The minimum absolute atomic E-state index is 0.0357. The Hall–Kier alpha value is -1.30. The van der Waals surface area contributed by atoms with Crippen LogP contribution in [0.1, 0.15) is 39.5 Å². The number of rotatable bonds is 8. The maximum absolute atomic E-state index is 11.6. The van der Waals surface area contributed by atoms with E-state index in [0.29, 0.717) is 19.3 Å². The summed E-state index contributed by atoms with van der Waals surface area (Å²) in [7, 11) is 1.62. The Kier molecular flexibility index (Phi) is 8.13. The number of oxime groups is 1. The molecule has 0 aromatic rings. The molecule has 0 aliphatic heterocycles. The lowest BCUT2D eigenvalue weighted by Crippen LogP contribution is -2.37. The molecule has 0 bridgehead atoms. The molecule has 17 heavy (non-hydrogen) atoms. The van der Waals surface area contributed by atoms with Crippen LogP contribution in [0.5, 0.6) is 0 Å². The average Bonchev–Trinajstić information content (AvgIpc) is 2.34. The van der Waals surface area contributed by atoms with Crippen molar-refractivity contribution < 1.29 is 14.7 Å². The van der Waals surface area contributed by atoms with E-state index in [0.717, 1.165) is 6.42 Å². The zero-order valence-electron chi connectivity index (χ0n) is 10.8. The van der Waals surface area contributed by atoms with Gasteiger partial charge in [0.05, 0.1) is 6.10 Å². The van der Waals surface area contributed by atoms with Crippen molar-refractivity contribution in [2.24, 2.45) is 10.9 Å². The largest absolute Gasteiger partial charge is 0.409 e. The molecule has 2 atom stereocenters. The van der Waals surface area contributed by atoms with Crippen molar-refractivity contribution in [3.8, 4) is 0 Å². The van der Waals surface area contributed by atoms with Gasteiger partial charge in [0.2, 0.25) is 5.91 Å². The predicted molar refractivity (Wildman–Crippen MR) is 66.0 cm³/mol. The summed E-state index contributed by atoms with van der Waals surface area (Å²) in [5, 5.41) is 14.2. The predicted octanol–water partition coefficient (Wildman–Crippen LogP) is 0.833. The Morgan fingerprint density at radius 3 is 2.71 bits per heavy atom. The average molecular weight is 245 g/mol. The van der Waals surface area contributed by atoms with Gasteiger partial charge in [-0.3, -0.25) is 4.79 Å². The van der Waals surface area contributed by atoms with Gasteiger partial charge in [0, 0.05) is 26.0 Å². The number of methoxy groups -OCH3 is 1. The maximum atomic E-state index is 11.6. The molecule has 1 amide bonds. The van der Waals surface area contributed by atoms with Gasteiger partial charge in [0.25, 0.3) is 0 Å². The number of carbonyl (C=O) groups excluding carboxylic acids is 1. The van der Waals surface area contributed by atoms with Gasteiger partial charge < -0.3 is 21.0 Å². The van der Waals surface area contributed by atoms with Crippen LogP contribution in [-0.4, -0.2) is 36.2 Å². The molecule has 0 fully saturated rings. The van der Waals surface area contributed by atoms with Crippen LogP contribution in [0.4, 0.5) is 0 Å². The molecule has 0 aliphatic carbocycles. The van der Waals surface area contributed by atoms with E-state index >= 15 is 0 Å². The SMILES string of the molecule is CCC(CC(N)=NO)NC(=O)CCC(C)OC. The molecule has 2 unspecified atom stereocenters. The third kappa shape index (κ3) is 7.57. The van der Waals surface area contributed by atoms with Crippen LogP contribution < -0.4 is 11.1 Å². The molecule has 100 valence electrons. The van der Waals surface area contributed by atoms with Gasteiger partial charge in [-0.15, -0.1) is 0 Å². The molecule has 0 radical (unpaired) electrons. The van der Waals surface area contributed by atoms with Crippen LogP contribution in [0.15, 0.2) is 5.16 Å². The highest BCUT2D eigenvalue weighted by atomic mass is 16.5. The van der Waals surface area contributed by atoms with Crippen molar-refractivity contribution in [3.05, 3.63) is 0 Å². The van der Waals surface area contributed by atoms with Crippen LogP contribution in [0.25, 0.3) is 0 Å². The lowest BCUT2D eigenvalue weighted by molar-refractivity contribution is -0.122. The van der Waals surface area contributed by atoms with Gasteiger partial charge in [-0.2, -0.15) is 0 Å². The van der Waals surface area contributed by atoms with Crippen LogP contribution >= 0.6 is 0 Å². The summed E-state index contributed by atoms with van der Waals surface area (Å²) in [5.74, 6) is 0.0916. The van der Waals surface area contributed by atoms with Crippen molar-refractivity contribution in [2.75, 3.05) is 7.11 Å². The molecule has 0 saturated heterocycles. The summed E-state index contributed by atoms with van der Waals surface area (Å²) < 4.78 is 5.06. The summed E-state index contributed by atoms with van der Waals surface area (Å²) in [6.45, 7) is 3.86. The zero-order valence-corrected chi connectivity index (χ0v) is 10.8. The first-order valence-corrected chi connectivity index (χ1v) is 5.82. The molecule has 4 N–H and O–H groups in total. The number of ether oxygens (including phenoxy) is 1. The van der Waals surface area contributed by atoms with Gasteiger partial charge in [-0.25, -0.2) is 0 Å². The lowest BCUT2D eigenvalue weighted by Gasteiger charge is -2.16. The van der Waals surface area contributed by atoms with E-state index in [1.54, 1.807) is 7.11 Å². The molecule has 0 spiro atoms. The van der Waals surface area contributed by atoms with Gasteiger partial charge in [-0.05, 0) is 19.8 Å². The minimum atomic E-state index is -0.0868. The van der Waals surface area contributed by atoms with E-state index in [2.05, 4.69) is 10.5 Å². The second-order valence-corrected chi connectivity index (χ2v) is 4.05. The first-order chi connectivity index (χ1) is 8.03. The Morgan fingerprint density at radius 2 is 2.24 bits per heavy atom. The van der Waals surface area contributed by atoms with E-state index in [4.69, 9.17) is 15.7 Å². The summed E-state index contributed by atoms with van der Waals surface area (Å²) in [6, 6.07) is -0.0868. The molecular weight excluding hydrogens is 222 g/mol. The number of nitrogens with two attached hydrogens (primary N) is 1.